The number of amides is 1. The molecule has 0 aliphatic heterocycles. The minimum absolute atomic E-state index is 0.145. The number of nitrogens with one attached hydrogen (secondary N) is 1. The lowest BCUT2D eigenvalue weighted by atomic mass is 9.92. The van der Waals surface area contributed by atoms with Gasteiger partial charge in [-0.3, -0.25) is 4.79 Å². The number of aromatic nitrogens is 2. The number of halogens is 1. The summed E-state index contributed by atoms with van der Waals surface area (Å²) in [5.74, 6) is -1.16. The first kappa shape index (κ1) is 19.9. The molecule has 0 aliphatic rings. The number of carbonyl (C=O) groups is 2. The molecule has 6 nitrogen and oxygen atoms in total. The summed E-state index contributed by atoms with van der Waals surface area (Å²) in [5, 5.41) is 2.50. The molecule has 0 aromatic carbocycles. The molecule has 1 amide bonds. The molecule has 0 saturated heterocycles. The molecule has 2 aromatic heterocycles. The van der Waals surface area contributed by atoms with E-state index in [1.165, 1.54) is 10.6 Å². The summed E-state index contributed by atoms with van der Waals surface area (Å²) in [6.45, 7) is 12.7. The van der Waals surface area contributed by atoms with E-state index in [-0.39, 0.29) is 23.6 Å². The third-order valence-electron chi connectivity index (χ3n) is 3.45. The Kier molecular flexibility index (Phi) is 5.12. The van der Waals surface area contributed by atoms with E-state index in [1.807, 2.05) is 20.8 Å². The molecule has 0 aliphatic carbocycles. The molecule has 2 aromatic rings. The average molecular weight is 363 g/mol. The molecule has 142 valence electrons. The second-order valence-electron chi connectivity index (χ2n) is 8.61. The first-order valence-electron chi connectivity index (χ1n) is 8.49. The minimum Gasteiger partial charge on any atom is -0.443 e. The molecule has 2 rings (SSSR count). The summed E-state index contributed by atoms with van der Waals surface area (Å²) in [6.07, 6.45) is -0.361. The van der Waals surface area contributed by atoms with Gasteiger partial charge in [0.15, 0.2) is 11.6 Å². The monoisotopic (exact) mass is 363 g/mol. The lowest BCUT2D eigenvalue weighted by Crippen LogP contribution is -2.27. The second-order valence-corrected chi connectivity index (χ2v) is 8.61. The van der Waals surface area contributed by atoms with E-state index < -0.39 is 17.5 Å². The predicted octanol–water partition coefficient (Wildman–Crippen LogP) is 4.64. The Bertz CT molecular complexity index is 858. The Hall–Kier alpha value is -2.44. The third kappa shape index (κ3) is 4.80. The van der Waals surface area contributed by atoms with Crippen LogP contribution in [-0.2, 0) is 9.53 Å². The van der Waals surface area contributed by atoms with Crippen molar-refractivity contribution in [2.24, 2.45) is 5.41 Å². The summed E-state index contributed by atoms with van der Waals surface area (Å²) in [7, 11) is 0. The van der Waals surface area contributed by atoms with Gasteiger partial charge in [-0.05, 0) is 39.2 Å². The Morgan fingerprint density at radius 1 is 1.19 bits per heavy atom. The van der Waals surface area contributed by atoms with Gasteiger partial charge < -0.3 is 10.1 Å². The quantitative estimate of drug-likeness (QED) is 0.843. The Labute approximate surface area is 152 Å². The topological polar surface area (TPSA) is 73.2 Å². The molecule has 2 heterocycles. The molecule has 0 unspecified atom stereocenters. The van der Waals surface area contributed by atoms with E-state index in [0.29, 0.717) is 16.7 Å². The zero-order chi connectivity index (χ0) is 19.9. The van der Waals surface area contributed by atoms with Gasteiger partial charge in [-0.15, -0.1) is 0 Å². The van der Waals surface area contributed by atoms with Gasteiger partial charge in [-0.25, -0.2) is 18.7 Å². The van der Waals surface area contributed by atoms with Crippen LogP contribution in [0.3, 0.4) is 0 Å². The smallest absolute Gasteiger partial charge is 0.419 e. The van der Waals surface area contributed by atoms with E-state index in [4.69, 9.17) is 4.74 Å². The second kappa shape index (κ2) is 6.70. The van der Waals surface area contributed by atoms with Crippen molar-refractivity contribution < 1.29 is 18.7 Å². The van der Waals surface area contributed by atoms with Gasteiger partial charge in [0, 0.05) is 18.2 Å². The predicted molar refractivity (Wildman–Crippen MR) is 98.8 cm³/mol. The number of hydrogen-bond acceptors (Lipinski definition) is 4. The van der Waals surface area contributed by atoms with Crippen molar-refractivity contribution in [1.29, 1.82) is 0 Å². The lowest BCUT2D eigenvalue weighted by molar-refractivity contribution is -0.117. The minimum atomic E-state index is -0.706. The molecule has 26 heavy (non-hydrogen) atoms. The van der Waals surface area contributed by atoms with E-state index >= 15 is 0 Å². The Balaban J connectivity index is 2.38. The molecular formula is C19H26FN3O3. The summed E-state index contributed by atoms with van der Waals surface area (Å²) in [6, 6.07) is 2.84. The van der Waals surface area contributed by atoms with Crippen LogP contribution < -0.4 is 5.32 Å². The van der Waals surface area contributed by atoms with Gasteiger partial charge in [0.2, 0.25) is 5.91 Å². The number of carbonyl (C=O) groups excluding carboxylic acids is 2. The van der Waals surface area contributed by atoms with Gasteiger partial charge >= 0.3 is 6.09 Å². The first-order valence-corrected chi connectivity index (χ1v) is 8.49. The van der Waals surface area contributed by atoms with Gasteiger partial charge in [-0.1, -0.05) is 20.8 Å². The Morgan fingerprint density at radius 3 is 2.35 bits per heavy atom. The van der Waals surface area contributed by atoms with Crippen molar-refractivity contribution >= 4 is 28.9 Å². The van der Waals surface area contributed by atoms with E-state index in [1.54, 1.807) is 33.8 Å². The molecular weight excluding hydrogens is 337 g/mol. The summed E-state index contributed by atoms with van der Waals surface area (Å²) >= 11 is 0. The Morgan fingerprint density at radius 2 is 1.81 bits per heavy atom. The average Bonchev–Trinajstić information content (AvgIpc) is 2.70. The van der Waals surface area contributed by atoms with Gasteiger partial charge in [0.25, 0.3) is 0 Å². The van der Waals surface area contributed by atoms with Gasteiger partial charge in [0.05, 0.1) is 11.0 Å². The standard InChI is InChI=1S/C19H26FN3O3/c1-11-8-13-14(23(11)17(25)26-19(5,6)7)9-12(20)16(21-13)22-15(24)10-18(2,3)4/h8-9H,10H2,1-7H3,(H,21,22,24). The van der Waals surface area contributed by atoms with Crippen LogP contribution in [0.2, 0.25) is 0 Å². The van der Waals surface area contributed by atoms with Crippen molar-refractivity contribution in [3.8, 4) is 0 Å². The van der Waals surface area contributed by atoms with Crippen LogP contribution in [0.25, 0.3) is 11.0 Å². The van der Waals surface area contributed by atoms with E-state index in [0.717, 1.165) is 0 Å². The SMILES string of the molecule is Cc1cc2nc(NC(=O)CC(C)(C)C)c(F)cc2n1C(=O)OC(C)(C)C. The number of ether oxygens (including phenoxy) is 1. The molecule has 0 radical (unpaired) electrons. The van der Waals surface area contributed by atoms with Crippen LogP contribution >= 0.6 is 0 Å². The maximum absolute atomic E-state index is 14.5. The van der Waals surface area contributed by atoms with Crippen LogP contribution in [-0.4, -0.2) is 27.2 Å². The van der Waals surface area contributed by atoms with Crippen LogP contribution in [0, 0.1) is 18.2 Å². The number of pyridine rings is 1. The molecule has 0 fully saturated rings. The van der Waals surface area contributed by atoms with Crippen LogP contribution in [0.15, 0.2) is 12.1 Å². The largest absolute Gasteiger partial charge is 0.443 e. The van der Waals surface area contributed by atoms with Gasteiger partial charge in [-0.2, -0.15) is 0 Å². The zero-order valence-electron chi connectivity index (χ0n) is 16.4. The lowest BCUT2D eigenvalue weighted by Gasteiger charge is -2.20. The first-order chi connectivity index (χ1) is 11.8. The maximum Gasteiger partial charge on any atom is 0.419 e. The highest BCUT2D eigenvalue weighted by Gasteiger charge is 2.23. The number of nitrogens with zero attached hydrogens (tertiary/aromatic N) is 2. The van der Waals surface area contributed by atoms with Crippen LogP contribution in [0.1, 0.15) is 53.7 Å². The number of aryl methyl sites for hydroxylation is 1. The summed E-state index contributed by atoms with van der Waals surface area (Å²) in [4.78, 5) is 28.6. The van der Waals surface area contributed by atoms with Crippen molar-refractivity contribution in [3.63, 3.8) is 0 Å². The third-order valence-corrected chi connectivity index (χ3v) is 3.45. The fraction of sp³-hybridized carbons (Fsp3) is 0.526. The fourth-order valence-electron chi connectivity index (χ4n) is 2.53. The highest BCUT2D eigenvalue weighted by atomic mass is 19.1. The number of hydrogen-bond donors (Lipinski definition) is 1. The zero-order valence-corrected chi connectivity index (χ0v) is 16.4. The molecule has 7 heteroatoms. The highest BCUT2D eigenvalue weighted by molar-refractivity contribution is 5.93. The van der Waals surface area contributed by atoms with E-state index in [2.05, 4.69) is 10.3 Å². The molecule has 0 bridgehead atoms. The fourth-order valence-corrected chi connectivity index (χ4v) is 2.53. The van der Waals surface area contributed by atoms with Crippen LogP contribution in [0.4, 0.5) is 15.0 Å². The molecule has 0 spiro atoms. The molecule has 0 saturated carbocycles. The highest BCUT2D eigenvalue weighted by Crippen LogP contribution is 2.25. The number of anilines is 1. The number of fused-ring (bicyclic) bond motifs is 1. The summed E-state index contributed by atoms with van der Waals surface area (Å²) < 4.78 is 21.1. The van der Waals surface area contributed by atoms with Crippen LogP contribution in [0.5, 0.6) is 0 Å². The molecule has 0 atom stereocenters. The maximum atomic E-state index is 14.5. The molecule has 1 N–H and O–H groups in total. The normalized spacial score (nSPS) is 12.3. The van der Waals surface area contributed by atoms with Crippen molar-refractivity contribution in [2.45, 2.75) is 60.5 Å². The van der Waals surface area contributed by atoms with Crippen molar-refractivity contribution in [3.05, 3.63) is 23.6 Å². The number of rotatable bonds is 2. The van der Waals surface area contributed by atoms with Crippen molar-refractivity contribution in [1.82, 2.24) is 9.55 Å². The van der Waals surface area contributed by atoms with Gasteiger partial charge in [0.1, 0.15) is 5.60 Å². The van der Waals surface area contributed by atoms with E-state index in [9.17, 15) is 14.0 Å². The summed E-state index contributed by atoms with van der Waals surface area (Å²) in [5.41, 5.74) is 0.372. The van der Waals surface area contributed by atoms with Crippen molar-refractivity contribution in [2.75, 3.05) is 5.32 Å².